The maximum atomic E-state index is 8.99. The molecule has 1 aliphatic heterocycles. The Bertz CT molecular complexity index is 358. The molecule has 16 heavy (non-hydrogen) atoms. The highest BCUT2D eigenvalue weighted by Crippen LogP contribution is 2.08. The summed E-state index contributed by atoms with van der Waals surface area (Å²) in [6.45, 7) is 3.09. The first-order valence-electron chi connectivity index (χ1n) is 5.65. The van der Waals surface area contributed by atoms with Crippen molar-refractivity contribution in [2.24, 2.45) is 0 Å². The topological polar surface area (TPSA) is 36.3 Å². The summed E-state index contributed by atoms with van der Waals surface area (Å²) in [7, 11) is 0. The van der Waals surface area contributed by atoms with E-state index in [1.54, 1.807) is 0 Å². The van der Waals surface area contributed by atoms with Crippen LogP contribution >= 0.6 is 0 Å². The van der Waals surface area contributed by atoms with E-state index in [9.17, 15) is 0 Å². The molecule has 0 saturated carbocycles. The molecule has 1 aliphatic rings. The molecule has 0 aromatic heterocycles. The normalized spacial score (nSPS) is 21.6. The van der Waals surface area contributed by atoms with Gasteiger partial charge in [0.2, 0.25) is 0 Å². The van der Waals surface area contributed by atoms with Gasteiger partial charge in [-0.05, 0) is 12.0 Å². The zero-order valence-corrected chi connectivity index (χ0v) is 9.30. The molecule has 1 saturated heterocycles. The van der Waals surface area contributed by atoms with E-state index in [0.29, 0.717) is 6.61 Å². The molecule has 0 aliphatic carbocycles. The lowest BCUT2D eigenvalue weighted by atomic mass is 10.1. The highest BCUT2D eigenvalue weighted by Gasteiger charge is 2.21. The van der Waals surface area contributed by atoms with E-state index in [1.165, 1.54) is 5.56 Å². The Labute approximate surface area is 96.2 Å². The van der Waals surface area contributed by atoms with Gasteiger partial charge in [-0.3, -0.25) is 4.90 Å². The predicted octanol–water partition coefficient (Wildman–Crippen LogP) is 1.45. The van der Waals surface area contributed by atoms with Gasteiger partial charge in [0, 0.05) is 13.1 Å². The van der Waals surface area contributed by atoms with Gasteiger partial charge in [-0.2, -0.15) is 5.26 Å². The van der Waals surface area contributed by atoms with Crippen molar-refractivity contribution in [2.45, 2.75) is 12.5 Å². The van der Waals surface area contributed by atoms with Gasteiger partial charge in [-0.1, -0.05) is 30.3 Å². The summed E-state index contributed by atoms with van der Waals surface area (Å²) < 4.78 is 5.29. The standard InChI is InChI=1S/C13H16N2O/c14-10-13-11-16-9-8-15(13)7-6-12-4-2-1-3-5-12/h1-5,13H,6-9,11H2. The number of morpholine rings is 1. The van der Waals surface area contributed by atoms with E-state index in [0.717, 1.165) is 26.1 Å². The van der Waals surface area contributed by atoms with E-state index >= 15 is 0 Å². The van der Waals surface area contributed by atoms with Gasteiger partial charge in [0.25, 0.3) is 0 Å². The van der Waals surface area contributed by atoms with Crippen LogP contribution < -0.4 is 0 Å². The van der Waals surface area contributed by atoms with Gasteiger partial charge in [-0.25, -0.2) is 0 Å². The Morgan fingerprint density at radius 3 is 2.94 bits per heavy atom. The van der Waals surface area contributed by atoms with Crippen molar-refractivity contribution < 1.29 is 4.74 Å². The maximum Gasteiger partial charge on any atom is 0.121 e. The molecule has 0 spiro atoms. The van der Waals surface area contributed by atoms with Crippen molar-refractivity contribution in [3.05, 3.63) is 35.9 Å². The molecule has 1 aromatic carbocycles. The lowest BCUT2D eigenvalue weighted by Gasteiger charge is -2.31. The lowest BCUT2D eigenvalue weighted by Crippen LogP contribution is -2.45. The van der Waals surface area contributed by atoms with E-state index in [4.69, 9.17) is 10.00 Å². The van der Waals surface area contributed by atoms with Crippen LogP contribution in [0.5, 0.6) is 0 Å². The molecule has 0 N–H and O–H groups in total. The van der Waals surface area contributed by atoms with Crippen LogP contribution in [0.3, 0.4) is 0 Å². The van der Waals surface area contributed by atoms with Crippen molar-refractivity contribution in [3.8, 4) is 6.07 Å². The van der Waals surface area contributed by atoms with Crippen molar-refractivity contribution in [1.29, 1.82) is 5.26 Å². The second-order valence-electron chi connectivity index (χ2n) is 3.99. The fourth-order valence-corrected chi connectivity index (χ4v) is 1.94. The van der Waals surface area contributed by atoms with E-state index < -0.39 is 0 Å². The summed E-state index contributed by atoms with van der Waals surface area (Å²) in [5.41, 5.74) is 1.32. The summed E-state index contributed by atoms with van der Waals surface area (Å²) in [4.78, 5) is 2.20. The maximum absolute atomic E-state index is 8.99. The van der Waals surface area contributed by atoms with Gasteiger partial charge in [0.1, 0.15) is 6.04 Å². The number of nitriles is 1. The lowest BCUT2D eigenvalue weighted by molar-refractivity contribution is 0.0135. The van der Waals surface area contributed by atoms with Crippen LogP contribution in [-0.4, -0.2) is 37.2 Å². The monoisotopic (exact) mass is 216 g/mol. The zero-order chi connectivity index (χ0) is 11.2. The third-order valence-corrected chi connectivity index (χ3v) is 2.92. The summed E-state index contributed by atoms with van der Waals surface area (Å²) >= 11 is 0. The first kappa shape index (κ1) is 11.1. The molecular formula is C13H16N2O. The van der Waals surface area contributed by atoms with Gasteiger partial charge < -0.3 is 4.74 Å². The van der Waals surface area contributed by atoms with Crippen LogP contribution in [0.2, 0.25) is 0 Å². The fourth-order valence-electron chi connectivity index (χ4n) is 1.94. The van der Waals surface area contributed by atoms with E-state index in [2.05, 4.69) is 35.2 Å². The number of hydrogen-bond donors (Lipinski definition) is 0. The minimum atomic E-state index is -0.0718. The highest BCUT2D eigenvalue weighted by atomic mass is 16.5. The quantitative estimate of drug-likeness (QED) is 0.767. The van der Waals surface area contributed by atoms with Crippen LogP contribution in [0.25, 0.3) is 0 Å². The van der Waals surface area contributed by atoms with Crippen molar-refractivity contribution in [3.63, 3.8) is 0 Å². The van der Waals surface area contributed by atoms with Gasteiger partial charge in [0.05, 0.1) is 19.3 Å². The largest absolute Gasteiger partial charge is 0.377 e. The summed E-state index contributed by atoms with van der Waals surface area (Å²) in [6, 6.07) is 12.6. The first-order valence-corrected chi connectivity index (χ1v) is 5.65. The molecule has 3 heteroatoms. The molecule has 0 radical (unpaired) electrons. The fraction of sp³-hybridized carbons (Fsp3) is 0.462. The molecule has 1 unspecified atom stereocenters. The average molecular weight is 216 g/mol. The molecule has 1 heterocycles. The molecule has 0 amide bonds. The molecule has 1 atom stereocenters. The Hall–Kier alpha value is -1.37. The number of nitrogens with zero attached hydrogens (tertiary/aromatic N) is 2. The Balaban J connectivity index is 1.87. The summed E-state index contributed by atoms with van der Waals surface area (Å²) in [5, 5.41) is 8.99. The van der Waals surface area contributed by atoms with Crippen LogP contribution in [0.1, 0.15) is 5.56 Å². The molecule has 1 fully saturated rings. The molecule has 0 bridgehead atoms. The highest BCUT2D eigenvalue weighted by molar-refractivity contribution is 5.15. The Morgan fingerprint density at radius 2 is 2.19 bits per heavy atom. The molecular weight excluding hydrogens is 200 g/mol. The van der Waals surface area contributed by atoms with Crippen molar-refractivity contribution in [1.82, 2.24) is 4.90 Å². The average Bonchev–Trinajstić information content (AvgIpc) is 2.38. The molecule has 3 nitrogen and oxygen atoms in total. The number of hydrogen-bond acceptors (Lipinski definition) is 3. The number of ether oxygens (including phenoxy) is 1. The smallest absolute Gasteiger partial charge is 0.121 e. The predicted molar refractivity (Wildman–Crippen MR) is 61.9 cm³/mol. The minimum Gasteiger partial charge on any atom is -0.377 e. The summed E-state index contributed by atoms with van der Waals surface area (Å²) in [6.07, 6.45) is 0.999. The van der Waals surface area contributed by atoms with Crippen molar-refractivity contribution >= 4 is 0 Å². The zero-order valence-electron chi connectivity index (χ0n) is 9.30. The van der Waals surface area contributed by atoms with Crippen molar-refractivity contribution in [2.75, 3.05) is 26.3 Å². The number of benzene rings is 1. The Kier molecular flexibility index (Phi) is 3.92. The minimum absolute atomic E-state index is 0.0718. The number of rotatable bonds is 3. The SMILES string of the molecule is N#CC1COCCN1CCc1ccccc1. The van der Waals surface area contributed by atoms with E-state index in [-0.39, 0.29) is 6.04 Å². The van der Waals surface area contributed by atoms with E-state index in [1.807, 2.05) is 6.07 Å². The van der Waals surface area contributed by atoms with Gasteiger partial charge in [-0.15, -0.1) is 0 Å². The van der Waals surface area contributed by atoms with Crippen LogP contribution in [0.15, 0.2) is 30.3 Å². The molecule has 2 rings (SSSR count). The van der Waals surface area contributed by atoms with Crippen LogP contribution in [-0.2, 0) is 11.2 Å². The third-order valence-electron chi connectivity index (χ3n) is 2.92. The molecule has 1 aromatic rings. The van der Waals surface area contributed by atoms with Crippen LogP contribution in [0, 0.1) is 11.3 Å². The second kappa shape index (κ2) is 5.64. The third kappa shape index (κ3) is 2.82. The van der Waals surface area contributed by atoms with Gasteiger partial charge >= 0.3 is 0 Å². The first-order chi connectivity index (χ1) is 7.90. The van der Waals surface area contributed by atoms with Crippen LogP contribution in [0.4, 0.5) is 0 Å². The summed E-state index contributed by atoms with van der Waals surface area (Å²) in [5.74, 6) is 0. The second-order valence-corrected chi connectivity index (χ2v) is 3.99. The molecule has 84 valence electrons. The van der Waals surface area contributed by atoms with Gasteiger partial charge in [0.15, 0.2) is 0 Å². The Morgan fingerprint density at radius 1 is 1.38 bits per heavy atom.